The van der Waals surface area contributed by atoms with Crippen molar-refractivity contribution in [2.24, 2.45) is 0 Å². The number of benzene rings is 1. The van der Waals surface area contributed by atoms with Gasteiger partial charge in [-0.05, 0) is 31.5 Å². The fraction of sp³-hybridized carbons (Fsp3) is 0.250. The lowest BCUT2D eigenvalue weighted by Gasteiger charge is -2.09. The van der Waals surface area contributed by atoms with Crippen LogP contribution >= 0.6 is 0 Å². The van der Waals surface area contributed by atoms with Gasteiger partial charge in [0.1, 0.15) is 0 Å². The molecule has 1 rings (SSSR count). The summed E-state index contributed by atoms with van der Waals surface area (Å²) < 4.78 is 26.2. The van der Waals surface area contributed by atoms with Gasteiger partial charge in [-0.1, -0.05) is 12.0 Å². The molecule has 0 aromatic heterocycles. The molecule has 0 heterocycles. The summed E-state index contributed by atoms with van der Waals surface area (Å²) in [5, 5.41) is 8.93. The fourth-order valence-electron chi connectivity index (χ4n) is 1.43. The summed E-state index contributed by atoms with van der Waals surface area (Å²) in [5.41, 5.74) is 0.182. The molecule has 0 radical (unpaired) electrons. The average molecular weight is 267 g/mol. The van der Waals surface area contributed by atoms with Crippen LogP contribution in [0.4, 0.5) is 0 Å². The predicted molar refractivity (Wildman–Crippen MR) is 66.8 cm³/mol. The highest BCUT2D eigenvalue weighted by atomic mass is 32.2. The van der Waals surface area contributed by atoms with E-state index in [9.17, 15) is 13.2 Å². The van der Waals surface area contributed by atoms with Crippen molar-refractivity contribution in [3.63, 3.8) is 0 Å². The van der Waals surface area contributed by atoms with Crippen molar-refractivity contribution in [1.82, 2.24) is 4.72 Å². The highest BCUT2D eigenvalue weighted by Crippen LogP contribution is 2.18. The number of nitrogens with one attached hydrogen (secondary N) is 1. The topological polar surface area (TPSA) is 83.5 Å². The summed E-state index contributed by atoms with van der Waals surface area (Å²) in [4.78, 5) is 10.9. The van der Waals surface area contributed by atoms with E-state index in [2.05, 4.69) is 16.6 Å². The first-order valence-corrected chi connectivity index (χ1v) is 6.60. The lowest BCUT2D eigenvalue weighted by atomic mass is 10.1. The zero-order chi connectivity index (χ0) is 13.8. The summed E-state index contributed by atoms with van der Waals surface area (Å²) >= 11 is 0. The first-order valence-electron chi connectivity index (χ1n) is 5.12. The van der Waals surface area contributed by atoms with Crippen molar-refractivity contribution in [1.29, 1.82) is 0 Å². The third kappa shape index (κ3) is 3.09. The van der Waals surface area contributed by atoms with Crippen molar-refractivity contribution < 1.29 is 18.3 Å². The summed E-state index contributed by atoms with van der Waals surface area (Å²) in [5.74, 6) is 3.98. The predicted octanol–water partition coefficient (Wildman–Crippen LogP) is 0.995. The van der Waals surface area contributed by atoms with Gasteiger partial charge in [0.25, 0.3) is 0 Å². The number of hydrogen-bond donors (Lipinski definition) is 2. The molecule has 2 N–H and O–H groups in total. The molecule has 0 fully saturated rings. The Balaban J connectivity index is 3.20. The van der Waals surface area contributed by atoms with E-state index < -0.39 is 16.0 Å². The largest absolute Gasteiger partial charge is 0.478 e. The SMILES string of the molecule is CC#CCNS(=O)(=O)c1cccc(C(=O)O)c1C. The lowest BCUT2D eigenvalue weighted by molar-refractivity contribution is 0.0696. The van der Waals surface area contributed by atoms with Crippen LogP contribution in [-0.4, -0.2) is 26.0 Å². The normalized spacial score (nSPS) is 10.6. The highest BCUT2D eigenvalue weighted by Gasteiger charge is 2.19. The molecule has 5 nitrogen and oxygen atoms in total. The van der Waals surface area contributed by atoms with Crippen LogP contribution < -0.4 is 4.72 Å². The Morgan fingerprint density at radius 3 is 2.67 bits per heavy atom. The van der Waals surface area contributed by atoms with Crippen LogP contribution in [0.1, 0.15) is 22.8 Å². The van der Waals surface area contributed by atoms with E-state index in [0.717, 1.165) is 0 Å². The third-order valence-electron chi connectivity index (χ3n) is 2.33. The van der Waals surface area contributed by atoms with Gasteiger partial charge in [-0.25, -0.2) is 13.2 Å². The second kappa shape index (κ2) is 5.67. The zero-order valence-corrected chi connectivity index (χ0v) is 10.8. The summed E-state index contributed by atoms with van der Waals surface area (Å²) in [6.07, 6.45) is 0. The van der Waals surface area contributed by atoms with Crippen LogP contribution in [-0.2, 0) is 10.0 Å². The number of carbonyl (C=O) groups is 1. The van der Waals surface area contributed by atoms with Crippen molar-refractivity contribution >= 4 is 16.0 Å². The minimum atomic E-state index is -3.74. The molecular weight excluding hydrogens is 254 g/mol. The van der Waals surface area contributed by atoms with Crippen LogP contribution in [0.2, 0.25) is 0 Å². The maximum Gasteiger partial charge on any atom is 0.335 e. The summed E-state index contributed by atoms with van der Waals surface area (Å²) in [6.45, 7) is 3.06. The summed E-state index contributed by atoms with van der Waals surface area (Å²) in [7, 11) is -3.74. The summed E-state index contributed by atoms with van der Waals surface area (Å²) in [6, 6.07) is 4.13. The molecular formula is C12H13NO4S. The third-order valence-corrected chi connectivity index (χ3v) is 3.88. The molecule has 0 spiro atoms. The van der Waals surface area contributed by atoms with Crippen LogP contribution in [0.5, 0.6) is 0 Å². The van der Waals surface area contributed by atoms with Crippen LogP contribution in [0.3, 0.4) is 0 Å². The van der Waals surface area contributed by atoms with Gasteiger partial charge in [0.15, 0.2) is 0 Å². The van der Waals surface area contributed by atoms with E-state index >= 15 is 0 Å². The Hall–Kier alpha value is -1.84. The maximum absolute atomic E-state index is 11.9. The van der Waals surface area contributed by atoms with E-state index in [1.807, 2.05) is 0 Å². The lowest BCUT2D eigenvalue weighted by Crippen LogP contribution is -2.25. The Morgan fingerprint density at radius 2 is 2.11 bits per heavy atom. The average Bonchev–Trinajstić information content (AvgIpc) is 2.28. The zero-order valence-electron chi connectivity index (χ0n) is 10.0. The molecule has 0 saturated carbocycles. The molecule has 0 amide bonds. The van der Waals surface area contributed by atoms with Crippen LogP contribution in [0.15, 0.2) is 23.1 Å². The number of aromatic carboxylic acids is 1. The Morgan fingerprint density at radius 1 is 1.44 bits per heavy atom. The molecule has 0 atom stereocenters. The highest BCUT2D eigenvalue weighted by molar-refractivity contribution is 7.89. The van der Waals surface area contributed by atoms with Gasteiger partial charge < -0.3 is 5.11 Å². The number of sulfonamides is 1. The van der Waals surface area contributed by atoms with Crippen molar-refractivity contribution in [3.8, 4) is 11.8 Å². The molecule has 0 aliphatic carbocycles. The van der Waals surface area contributed by atoms with Crippen molar-refractivity contribution in [3.05, 3.63) is 29.3 Å². The molecule has 1 aromatic rings. The first-order chi connectivity index (χ1) is 8.40. The van der Waals surface area contributed by atoms with E-state index in [4.69, 9.17) is 5.11 Å². The number of rotatable bonds is 4. The molecule has 96 valence electrons. The molecule has 1 aromatic carbocycles. The Labute approximate surface area is 106 Å². The molecule has 0 aliphatic rings. The minimum Gasteiger partial charge on any atom is -0.478 e. The Kier molecular flexibility index (Phi) is 4.48. The second-order valence-electron chi connectivity index (χ2n) is 3.49. The van der Waals surface area contributed by atoms with Gasteiger partial charge in [-0.2, -0.15) is 4.72 Å². The van der Waals surface area contributed by atoms with Gasteiger partial charge >= 0.3 is 5.97 Å². The van der Waals surface area contributed by atoms with Gasteiger partial charge in [0.2, 0.25) is 10.0 Å². The number of hydrogen-bond acceptors (Lipinski definition) is 3. The molecule has 0 aliphatic heterocycles. The standard InChI is InChI=1S/C12H13NO4S/c1-3-4-8-13-18(16,17)11-7-5-6-10(9(11)2)12(14)15/h5-7,13H,8H2,1-2H3,(H,14,15). The molecule has 18 heavy (non-hydrogen) atoms. The first kappa shape index (κ1) is 14.2. The fourth-order valence-corrected chi connectivity index (χ4v) is 2.62. The van der Waals surface area contributed by atoms with E-state index in [1.165, 1.54) is 25.1 Å². The van der Waals surface area contributed by atoms with Crippen molar-refractivity contribution in [2.45, 2.75) is 18.7 Å². The van der Waals surface area contributed by atoms with Crippen molar-refractivity contribution in [2.75, 3.05) is 6.54 Å². The second-order valence-corrected chi connectivity index (χ2v) is 5.22. The smallest absolute Gasteiger partial charge is 0.335 e. The monoisotopic (exact) mass is 267 g/mol. The van der Waals surface area contributed by atoms with Gasteiger partial charge in [-0.15, -0.1) is 5.92 Å². The van der Waals surface area contributed by atoms with E-state index in [1.54, 1.807) is 6.92 Å². The molecule has 0 unspecified atom stereocenters. The van der Waals surface area contributed by atoms with Gasteiger partial charge in [0, 0.05) is 0 Å². The minimum absolute atomic E-state index is 0.00439. The van der Waals surface area contributed by atoms with Gasteiger partial charge in [0.05, 0.1) is 17.0 Å². The molecule has 0 saturated heterocycles. The maximum atomic E-state index is 11.9. The van der Waals surface area contributed by atoms with E-state index in [0.29, 0.717) is 0 Å². The number of carboxylic acid groups (broad SMARTS) is 1. The molecule has 6 heteroatoms. The van der Waals surface area contributed by atoms with E-state index in [-0.39, 0.29) is 22.6 Å². The Bertz CT molecular complexity index is 623. The van der Waals surface area contributed by atoms with Gasteiger partial charge in [-0.3, -0.25) is 0 Å². The van der Waals surface area contributed by atoms with Crippen LogP contribution in [0, 0.1) is 18.8 Å². The van der Waals surface area contributed by atoms with Crippen LogP contribution in [0.25, 0.3) is 0 Å². The quantitative estimate of drug-likeness (QED) is 0.797. The number of carboxylic acids is 1. The molecule has 0 bridgehead atoms.